The maximum Gasteiger partial charge on any atom is 0.108 e. The van der Waals surface area contributed by atoms with E-state index < -0.39 is 0 Å². The minimum absolute atomic E-state index is 0.314. The molecule has 0 spiro atoms. The molecule has 2 rings (SSSR count). The Bertz CT molecular complexity index is 542. The van der Waals surface area contributed by atoms with Crippen LogP contribution in [0.1, 0.15) is 36.3 Å². The highest BCUT2D eigenvalue weighted by atomic mass is 35.5. The average Bonchev–Trinajstić information content (AvgIpc) is 2.79. The van der Waals surface area contributed by atoms with Gasteiger partial charge in [0.1, 0.15) is 5.82 Å². The van der Waals surface area contributed by atoms with Gasteiger partial charge in [-0.05, 0) is 43.1 Å². The van der Waals surface area contributed by atoms with Gasteiger partial charge < -0.3 is 9.88 Å². The molecule has 0 amide bonds. The van der Waals surface area contributed by atoms with Crippen LogP contribution in [0, 0.1) is 6.92 Å². The number of nitrogens with one attached hydrogen (secondary N) is 1. The van der Waals surface area contributed by atoms with Crippen molar-refractivity contribution in [3.8, 4) is 0 Å². The van der Waals surface area contributed by atoms with Crippen LogP contribution in [0.5, 0.6) is 0 Å². The van der Waals surface area contributed by atoms with Crippen molar-refractivity contribution in [1.82, 2.24) is 14.9 Å². The Morgan fingerprint density at radius 1 is 1.35 bits per heavy atom. The fraction of sp³-hybridized carbons (Fsp3) is 0.438. The molecule has 0 aliphatic rings. The molecule has 0 radical (unpaired) electrons. The first kappa shape index (κ1) is 15.1. The zero-order valence-corrected chi connectivity index (χ0v) is 13.1. The van der Waals surface area contributed by atoms with Crippen molar-refractivity contribution in [1.29, 1.82) is 0 Å². The summed E-state index contributed by atoms with van der Waals surface area (Å²) in [5.41, 5.74) is 2.46. The number of aromatic nitrogens is 2. The lowest BCUT2D eigenvalue weighted by atomic mass is 10.00. The van der Waals surface area contributed by atoms with Crippen LogP contribution in [0.3, 0.4) is 0 Å². The zero-order chi connectivity index (χ0) is 14.5. The van der Waals surface area contributed by atoms with Crippen molar-refractivity contribution >= 4 is 11.6 Å². The molecule has 0 aliphatic heterocycles. The van der Waals surface area contributed by atoms with Gasteiger partial charge in [-0.15, -0.1) is 0 Å². The number of hydrogen-bond acceptors (Lipinski definition) is 2. The molecule has 1 aromatic heterocycles. The van der Waals surface area contributed by atoms with Gasteiger partial charge in [-0.3, -0.25) is 0 Å². The molecule has 0 bridgehead atoms. The van der Waals surface area contributed by atoms with E-state index in [9.17, 15) is 0 Å². The van der Waals surface area contributed by atoms with Gasteiger partial charge in [0.05, 0.1) is 0 Å². The Labute approximate surface area is 126 Å². The smallest absolute Gasteiger partial charge is 0.108 e. The molecular weight excluding hydrogens is 270 g/mol. The third-order valence-electron chi connectivity index (χ3n) is 3.49. The van der Waals surface area contributed by atoms with Crippen molar-refractivity contribution in [2.75, 3.05) is 6.54 Å². The first-order valence-corrected chi connectivity index (χ1v) is 7.44. The van der Waals surface area contributed by atoms with Crippen LogP contribution in [0.15, 0.2) is 30.6 Å². The average molecular weight is 292 g/mol. The summed E-state index contributed by atoms with van der Waals surface area (Å²) in [4.78, 5) is 4.39. The summed E-state index contributed by atoms with van der Waals surface area (Å²) in [6, 6.07) is 6.57. The van der Waals surface area contributed by atoms with Crippen molar-refractivity contribution in [3.63, 3.8) is 0 Å². The highest BCUT2D eigenvalue weighted by molar-refractivity contribution is 6.30. The minimum Gasteiger partial charge on any atom is -0.338 e. The number of halogens is 1. The SMILES string of the molecule is CCNC(CCc1nccn1C)c1cc(C)cc(Cl)c1. The van der Waals surface area contributed by atoms with Gasteiger partial charge in [-0.1, -0.05) is 24.6 Å². The molecular formula is C16H22ClN3. The van der Waals surface area contributed by atoms with Crippen molar-refractivity contribution in [2.45, 2.75) is 32.7 Å². The fourth-order valence-electron chi connectivity index (χ4n) is 2.51. The van der Waals surface area contributed by atoms with E-state index in [1.807, 2.05) is 25.5 Å². The first-order chi connectivity index (χ1) is 9.60. The van der Waals surface area contributed by atoms with E-state index in [0.717, 1.165) is 30.2 Å². The largest absolute Gasteiger partial charge is 0.338 e. The van der Waals surface area contributed by atoms with Gasteiger partial charge in [0.15, 0.2) is 0 Å². The van der Waals surface area contributed by atoms with E-state index >= 15 is 0 Å². The molecule has 108 valence electrons. The topological polar surface area (TPSA) is 29.9 Å². The van der Waals surface area contributed by atoms with Crippen LogP contribution >= 0.6 is 11.6 Å². The highest BCUT2D eigenvalue weighted by Gasteiger charge is 2.13. The highest BCUT2D eigenvalue weighted by Crippen LogP contribution is 2.23. The molecule has 2 aromatic rings. The summed E-state index contributed by atoms with van der Waals surface area (Å²) < 4.78 is 2.08. The predicted molar refractivity (Wildman–Crippen MR) is 84.1 cm³/mol. The lowest BCUT2D eigenvalue weighted by Crippen LogP contribution is -2.22. The van der Waals surface area contributed by atoms with Gasteiger partial charge in [-0.25, -0.2) is 4.98 Å². The van der Waals surface area contributed by atoms with Crippen molar-refractivity contribution in [2.24, 2.45) is 7.05 Å². The van der Waals surface area contributed by atoms with E-state index in [4.69, 9.17) is 11.6 Å². The first-order valence-electron chi connectivity index (χ1n) is 7.07. The number of rotatable bonds is 6. The Hall–Kier alpha value is -1.32. The molecule has 0 aliphatic carbocycles. The zero-order valence-electron chi connectivity index (χ0n) is 12.4. The summed E-state index contributed by atoms with van der Waals surface area (Å²) in [6.07, 6.45) is 5.80. The molecule has 1 atom stereocenters. The number of imidazole rings is 1. The van der Waals surface area contributed by atoms with Crippen LogP contribution in [0.25, 0.3) is 0 Å². The molecule has 3 nitrogen and oxygen atoms in total. The third-order valence-corrected chi connectivity index (χ3v) is 3.71. The van der Waals surface area contributed by atoms with E-state index in [1.165, 1.54) is 11.1 Å². The van der Waals surface area contributed by atoms with Crippen LogP contribution in [-0.2, 0) is 13.5 Å². The Morgan fingerprint density at radius 3 is 2.75 bits per heavy atom. The summed E-state index contributed by atoms with van der Waals surface area (Å²) in [5, 5.41) is 4.35. The van der Waals surface area contributed by atoms with Gasteiger partial charge >= 0.3 is 0 Å². The van der Waals surface area contributed by atoms with Crippen LogP contribution < -0.4 is 5.32 Å². The molecule has 20 heavy (non-hydrogen) atoms. The van der Waals surface area contributed by atoms with Gasteiger partial charge in [0.2, 0.25) is 0 Å². The minimum atomic E-state index is 0.314. The summed E-state index contributed by atoms with van der Waals surface area (Å²) in [7, 11) is 2.04. The van der Waals surface area contributed by atoms with Crippen LogP contribution in [-0.4, -0.2) is 16.1 Å². The quantitative estimate of drug-likeness (QED) is 0.880. The number of aryl methyl sites for hydroxylation is 3. The number of hydrogen-bond donors (Lipinski definition) is 1. The van der Waals surface area contributed by atoms with Crippen molar-refractivity contribution in [3.05, 3.63) is 52.6 Å². The van der Waals surface area contributed by atoms with E-state index in [0.29, 0.717) is 6.04 Å². The Balaban J connectivity index is 2.12. The maximum absolute atomic E-state index is 6.18. The van der Waals surface area contributed by atoms with Crippen LogP contribution in [0.4, 0.5) is 0 Å². The molecule has 0 saturated heterocycles. The molecule has 1 unspecified atom stereocenters. The number of benzene rings is 1. The van der Waals surface area contributed by atoms with Gasteiger partial charge in [0, 0.05) is 36.9 Å². The second kappa shape index (κ2) is 6.91. The van der Waals surface area contributed by atoms with E-state index in [1.54, 1.807) is 0 Å². The van der Waals surface area contributed by atoms with Crippen molar-refractivity contribution < 1.29 is 0 Å². The lowest BCUT2D eigenvalue weighted by molar-refractivity contribution is 0.505. The predicted octanol–water partition coefficient (Wildman–Crippen LogP) is 3.67. The van der Waals surface area contributed by atoms with E-state index in [2.05, 4.69) is 40.8 Å². The molecule has 0 fully saturated rings. The lowest BCUT2D eigenvalue weighted by Gasteiger charge is -2.19. The molecule has 0 saturated carbocycles. The monoisotopic (exact) mass is 291 g/mol. The molecule has 1 N–H and O–H groups in total. The second-order valence-electron chi connectivity index (χ2n) is 5.17. The van der Waals surface area contributed by atoms with Crippen LogP contribution in [0.2, 0.25) is 5.02 Å². The fourth-order valence-corrected chi connectivity index (χ4v) is 2.81. The Kier molecular flexibility index (Phi) is 5.21. The summed E-state index contributed by atoms with van der Waals surface area (Å²) >= 11 is 6.18. The third kappa shape index (κ3) is 3.84. The second-order valence-corrected chi connectivity index (χ2v) is 5.60. The summed E-state index contributed by atoms with van der Waals surface area (Å²) in [5.74, 6) is 1.12. The maximum atomic E-state index is 6.18. The van der Waals surface area contributed by atoms with Gasteiger partial charge in [0.25, 0.3) is 0 Å². The standard InChI is InChI=1S/C16H22ClN3/c1-4-18-15(5-6-16-19-7-8-20(16)3)13-9-12(2)10-14(17)11-13/h7-11,15,18H,4-6H2,1-3H3. The molecule has 1 heterocycles. The van der Waals surface area contributed by atoms with Gasteiger partial charge in [-0.2, -0.15) is 0 Å². The Morgan fingerprint density at radius 2 is 2.15 bits per heavy atom. The molecule has 4 heteroatoms. The normalized spacial score (nSPS) is 12.6. The summed E-state index contributed by atoms with van der Waals surface area (Å²) in [6.45, 7) is 5.15. The molecule has 1 aromatic carbocycles. The number of nitrogens with zero attached hydrogens (tertiary/aromatic N) is 2. The van der Waals surface area contributed by atoms with E-state index in [-0.39, 0.29) is 0 Å².